The third-order valence-electron chi connectivity index (χ3n) is 4.99. The number of hydrogen-bond acceptors (Lipinski definition) is 7. The normalized spacial score (nSPS) is 16.2. The molecule has 1 aliphatic heterocycles. The molecule has 2 aromatic rings. The van der Waals surface area contributed by atoms with Gasteiger partial charge in [0.25, 0.3) is 5.91 Å². The molecule has 2 amide bonds. The molecule has 2 aromatic heterocycles. The van der Waals surface area contributed by atoms with E-state index in [2.05, 4.69) is 9.97 Å². The van der Waals surface area contributed by atoms with Gasteiger partial charge in [-0.25, -0.2) is 4.98 Å². The zero-order valence-corrected chi connectivity index (χ0v) is 18.3. The Bertz CT molecular complexity index is 915. The van der Waals surface area contributed by atoms with E-state index in [1.165, 1.54) is 16.2 Å². The maximum absolute atomic E-state index is 12.9. The highest BCUT2D eigenvalue weighted by molar-refractivity contribution is 7.17. The lowest BCUT2D eigenvalue weighted by Gasteiger charge is -2.32. The molecule has 1 saturated heterocycles. The van der Waals surface area contributed by atoms with Crippen molar-refractivity contribution < 1.29 is 19.1 Å². The predicted molar refractivity (Wildman–Crippen MR) is 113 cm³/mol. The van der Waals surface area contributed by atoms with Crippen LogP contribution in [-0.2, 0) is 14.3 Å². The molecule has 0 saturated carbocycles. The van der Waals surface area contributed by atoms with Crippen LogP contribution < -0.4 is 0 Å². The summed E-state index contributed by atoms with van der Waals surface area (Å²) < 4.78 is 5.09. The van der Waals surface area contributed by atoms with Gasteiger partial charge < -0.3 is 14.5 Å². The molecule has 1 unspecified atom stereocenters. The van der Waals surface area contributed by atoms with Gasteiger partial charge in [-0.05, 0) is 38.8 Å². The Morgan fingerprint density at radius 1 is 1.33 bits per heavy atom. The Morgan fingerprint density at radius 2 is 2.13 bits per heavy atom. The van der Waals surface area contributed by atoms with E-state index in [1.54, 1.807) is 32.0 Å². The Balaban J connectivity index is 1.63. The molecule has 160 valence electrons. The van der Waals surface area contributed by atoms with Crippen molar-refractivity contribution in [2.75, 3.05) is 33.3 Å². The molecule has 1 fully saturated rings. The SMILES string of the molecule is CCOC(=O)C1CCCN(C(=O)CN(C)C(=O)c2sc(-c3ccccn3)nc2C)C1. The number of rotatable bonds is 6. The lowest BCUT2D eigenvalue weighted by atomic mass is 9.98. The number of amides is 2. The van der Waals surface area contributed by atoms with Crippen LogP contribution in [0.5, 0.6) is 0 Å². The molecular formula is C21H26N4O4S. The summed E-state index contributed by atoms with van der Waals surface area (Å²) in [6.07, 6.45) is 3.14. The van der Waals surface area contributed by atoms with Gasteiger partial charge in [0.05, 0.1) is 30.5 Å². The number of carbonyl (C=O) groups is 3. The van der Waals surface area contributed by atoms with Gasteiger partial charge in [-0.1, -0.05) is 6.07 Å². The third kappa shape index (κ3) is 5.02. The van der Waals surface area contributed by atoms with Crippen molar-refractivity contribution in [3.8, 4) is 10.7 Å². The fourth-order valence-electron chi connectivity index (χ4n) is 3.40. The second kappa shape index (κ2) is 9.80. The van der Waals surface area contributed by atoms with Crippen molar-refractivity contribution in [1.29, 1.82) is 0 Å². The molecule has 30 heavy (non-hydrogen) atoms. The molecule has 3 rings (SSSR count). The molecule has 3 heterocycles. The Morgan fingerprint density at radius 3 is 2.83 bits per heavy atom. The highest BCUT2D eigenvalue weighted by atomic mass is 32.1. The summed E-state index contributed by atoms with van der Waals surface area (Å²) in [6.45, 7) is 4.74. The molecule has 9 heteroatoms. The van der Waals surface area contributed by atoms with Crippen molar-refractivity contribution in [1.82, 2.24) is 19.8 Å². The molecule has 0 bridgehead atoms. The highest BCUT2D eigenvalue weighted by Crippen LogP contribution is 2.27. The first-order valence-corrected chi connectivity index (χ1v) is 10.8. The van der Waals surface area contributed by atoms with Crippen molar-refractivity contribution in [2.24, 2.45) is 5.92 Å². The predicted octanol–water partition coefficient (Wildman–Crippen LogP) is 2.39. The number of likely N-dealkylation sites (tertiary alicyclic amines) is 1. The molecule has 1 atom stereocenters. The van der Waals surface area contributed by atoms with Gasteiger partial charge >= 0.3 is 5.97 Å². The average molecular weight is 431 g/mol. The number of hydrogen-bond donors (Lipinski definition) is 0. The van der Waals surface area contributed by atoms with Crippen LogP contribution >= 0.6 is 11.3 Å². The summed E-state index contributed by atoms with van der Waals surface area (Å²) in [6, 6.07) is 5.53. The average Bonchev–Trinajstić information content (AvgIpc) is 3.15. The van der Waals surface area contributed by atoms with Gasteiger partial charge in [0, 0.05) is 26.3 Å². The Hall–Kier alpha value is -2.81. The van der Waals surface area contributed by atoms with E-state index in [4.69, 9.17) is 4.74 Å². The van der Waals surface area contributed by atoms with E-state index < -0.39 is 0 Å². The van der Waals surface area contributed by atoms with Crippen molar-refractivity contribution in [2.45, 2.75) is 26.7 Å². The fraction of sp³-hybridized carbons (Fsp3) is 0.476. The number of aromatic nitrogens is 2. The number of pyridine rings is 1. The Kier molecular flexibility index (Phi) is 7.15. The summed E-state index contributed by atoms with van der Waals surface area (Å²) in [5, 5.41) is 0.671. The molecule has 0 aromatic carbocycles. The number of aryl methyl sites for hydroxylation is 1. The number of ether oxygens (including phenoxy) is 1. The molecule has 0 spiro atoms. The quantitative estimate of drug-likeness (QED) is 0.654. The molecule has 8 nitrogen and oxygen atoms in total. The summed E-state index contributed by atoms with van der Waals surface area (Å²) in [5.74, 6) is -0.985. The lowest BCUT2D eigenvalue weighted by molar-refractivity contribution is -0.151. The zero-order chi connectivity index (χ0) is 21.7. The van der Waals surface area contributed by atoms with Gasteiger partial charge in [0.15, 0.2) is 0 Å². The molecule has 1 aliphatic rings. The van der Waals surface area contributed by atoms with Crippen molar-refractivity contribution in [3.63, 3.8) is 0 Å². The number of esters is 1. The van der Waals surface area contributed by atoms with Gasteiger partial charge in [0.1, 0.15) is 9.88 Å². The fourth-order valence-corrected chi connectivity index (χ4v) is 4.44. The first kappa shape index (κ1) is 21.9. The number of piperidine rings is 1. The second-order valence-electron chi connectivity index (χ2n) is 7.24. The highest BCUT2D eigenvalue weighted by Gasteiger charge is 2.30. The minimum atomic E-state index is -0.298. The molecule has 0 aliphatic carbocycles. The summed E-state index contributed by atoms with van der Waals surface area (Å²) in [5.41, 5.74) is 1.33. The molecule has 0 N–H and O–H groups in total. The smallest absolute Gasteiger partial charge is 0.310 e. The van der Waals surface area contributed by atoms with Crippen LogP contribution in [0.4, 0.5) is 0 Å². The largest absolute Gasteiger partial charge is 0.466 e. The first-order chi connectivity index (χ1) is 14.4. The lowest BCUT2D eigenvalue weighted by Crippen LogP contribution is -2.47. The summed E-state index contributed by atoms with van der Waals surface area (Å²) in [7, 11) is 1.60. The van der Waals surface area contributed by atoms with Crippen molar-refractivity contribution in [3.05, 3.63) is 35.0 Å². The summed E-state index contributed by atoms with van der Waals surface area (Å²) in [4.78, 5) is 49.9. The zero-order valence-electron chi connectivity index (χ0n) is 17.5. The number of thiazole rings is 1. The van der Waals surface area contributed by atoms with Gasteiger partial charge in [0.2, 0.25) is 5.91 Å². The number of nitrogens with zero attached hydrogens (tertiary/aromatic N) is 4. The van der Waals surface area contributed by atoms with Gasteiger partial charge in [-0.2, -0.15) is 0 Å². The van der Waals surface area contributed by atoms with Crippen LogP contribution in [0.25, 0.3) is 10.7 Å². The van der Waals surface area contributed by atoms with Crippen LogP contribution in [0.3, 0.4) is 0 Å². The van der Waals surface area contributed by atoms with Crippen LogP contribution in [0, 0.1) is 12.8 Å². The maximum atomic E-state index is 12.9. The second-order valence-corrected chi connectivity index (χ2v) is 8.24. The summed E-state index contributed by atoms with van der Waals surface area (Å²) >= 11 is 1.27. The maximum Gasteiger partial charge on any atom is 0.310 e. The van der Waals surface area contributed by atoms with Gasteiger partial charge in [-0.3, -0.25) is 19.4 Å². The van der Waals surface area contributed by atoms with E-state index in [9.17, 15) is 14.4 Å². The minimum Gasteiger partial charge on any atom is -0.466 e. The van der Waals surface area contributed by atoms with Gasteiger partial charge in [-0.15, -0.1) is 11.3 Å². The van der Waals surface area contributed by atoms with E-state index in [1.807, 2.05) is 18.2 Å². The third-order valence-corrected chi connectivity index (χ3v) is 6.16. The van der Waals surface area contributed by atoms with E-state index in [0.29, 0.717) is 47.4 Å². The minimum absolute atomic E-state index is 0.0510. The van der Waals surface area contributed by atoms with E-state index >= 15 is 0 Å². The first-order valence-electron chi connectivity index (χ1n) is 9.99. The molecule has 0 radical (unpaired) electrons. The number of carbonyl (C=O) groups excluding carboxylic acids is 3. The monoisotopic (exact) mass is 430 g/mol. The van der Waals surface area contributed by atoms with Crippen LogP contribution in [0.15, 0.2) is 24.4 Å². The van der Waals surface area contributed by atoms with Crippen molar-refractivity contribution >= 4 is 29.1 Å². The standard InChI is InChI=1S/C21H26N4O4S/c1-4-29-21(28)15-8-7-11-25(12-15)17(26)13-24(3)20(27)18-14(2)23-19(30-18)16-9-5-6-10-22-16/h5-6,9-10,15H,4,7-8,11-13H2,1-3H3. The number of likely N-dealkylation sites (N-methyl/N-ethyl adjacent to an activating group) is 1. The Labute approximate surface area is 179 Å². The van der Waals surface area contributed by atoms with E-state index in [0.717, 1.165) is 6.42 Å². The van der Waals surface area contributed by atoms with E-state index in [-0.39, 0.29) is 30.2 Å². The van der Waals surface area contributed by atoms with Crippen LogP contribution in [0.2, 0.25) is 0 Å². The van der Waals surface area contributed by atoms with Crippen LogP contribution in [-0.4, -0.2) is 70.8 Å². The topological polar surface area (TPSA) is 92.7 Å². The van der Waals surface area contributed by atoms with Crippen LogP contribution in [0.1, 0.15) is 35.1 Å². The molecular weight excluding hydrogens is 404 g/mol.